The Morgan fingerprint density at radius 3 is 2.81 bits per heavy atom. The lowest BCUT2D eigenvalue weighted by molar-refractivity contribution is 0.0955. The van der Waals surface area contributed by atoms with E-state index in [4.69, 9.17) is 0 Å². The highest BCUT2D eigenvalue weighted by Gasteiger charge is 2.13. The number of hydrogen-bond donors (Lipinski definition) is 2. The molecule has 2 N–H and O–H groups in total. The molecule has 5 nitrogen and oxygen atoms in total. The first-order valence-corrected chi connectivity index (χ1v) is 8.95. The first kappa shape index (κ1) is 16.4. The summed E-state index contributed by atoms with van der Waals surface area (Å²) in [5.41, 5.74) is 3.78. The molecule has 26 heavy (non-hydrogen) atoms. The Kier molecular flexibility index (Phi) is 4.21. The van der Waals surface area contributed by atoms with E-state index in [0.717, 1.165) is 27.8 Å². The summed E-state index contributed by atoms with van der Waals surface area (Å²) in [7, 11) is 0. The van der Waals surface area contributed by atoms with Crippen LogP contribution in [0.3, 0.4) is 0 Å². The average Bonchev–Trinajstić information content (AvgIpc) is 3.24. The molecule has 0 aliphatic carbocycles. The molecule has 4 rings (SSSR count). The lowest BCUT2D eigenvalue weighted by atomic mass is 10.1. The van der Waals surface area contributed by atoms with Crippen LogP contribution in [0.1, 0.15) is 36.1 Å². The standard InChI is InChI=1S/C21H22N4O/c1-14(2)25-13-11-15-16(6-5-9-19(15)25)21(26)22-12-10-20-23-17-7-3-4-8-18(17)24-20/h3-9,11,13-14H,10,12H2,1-2H3,(H,22,26)(H,23,24). The number of nitrogens with one attached hydrogen (secondary N) is 2. The van der Waals surface area contributed by atoms with Gasteiger partial charge in [-0.3, -0.25) is 4.79 Å². The molecule has 5 heteroatoms. The summed E-state index contributed by atoms with van der Waals surface area (Å²) >= 11 is 0. The summed E-state index contributed by atoms with van der Waals surface area (Å²) in [6.07, 6.45) is 2.71. The molecule has 1 amide bonds. The highest BCUT2D eigenvalue weighted by Crippen LogP contribution is 2.23. The van der Waals surface area contributed by atoms with Gasteiger partial charge in [-0.2, -0.15) is 0 Å². The van der Waals surface area contributed by atoms with E-state index in [0.29, 0.717) is 24.6 Å². The number of benzene rings is 2. The lowest BCUT2D eigenvalue weighted by Crippen LogP contribution is -2.26. The normalized spacial score (nSPS) is 11.5. The van der Waals surface area contributed by atoms with Gasteiger partial charge in [-0.1, -0.05) is 18.2 Å². The Hall–Kier alpha value is -3.08. The Balaban J connectivity index is 1.47. The molecule has 0 saturated heterocycles. The maximum Gasteiger partial charge on any atom is 0.251 e. The molecule has 4 aromatic rings. The summed E-state index contributed by atoms with van der Waals surface area (Å²) in [6.45, 7) is 4.82. The number of rotatable bonds is 5. The van der Waals surface area contributed by atoms with E-state index in [9.17, 15) is 4.79 Å². The molecule has 0 spiro atoms. The van der Waals surface area contributed by atoms with Crippen LogP contribution in [0.5, 0.6) is 0 Å². The number of para-hydroxylation sites is 2. The predicted octanol–water partition coefficient (Wildman–Crippen LogP) is 4.07. The molecule has 0 atom stereocenters. The van der Waals surface area contributed by atoms with Crippen molar-refractivity contribution < 1.29 is 4.79 Å². The molecule has 2 aromatic heterocycles. The molecule has 132 valence electrons. The molecule has 0 radical (unpaired) electrons. The third-order valence-corrected chi connectivity index (χ3v) is 4.65. The van der Waals surface area contributed by atoms with Crippen molar-refractivity contribution in [2.24, 2.45) is 0 Å². The number of hydrogen-bond acceptors (Lipinski definition) is 2. The number of amides is 1. The topological polar surface area (TPSA) is 62.7 Å². The zero-order chi connectivity index (χ0) is 18.1. The number of imidazole rings is 1. The van der Waals surface area contributed by atoms with Gasteiger partial charge in [0.2, 0.25) is 0 Å². The Bertz CT molecular complexity index is 1040. The summed E-state index contributed by atoms with van der Waals surface area (Å²) < 4.78 is 2.18. The Morgan fingerprint density at radius 1 is 1.15 bits per heavy atom. The second-order valence-electron chi connectivity index (χ2n) is 6.76. The van der Waals surface area contributed by atoms with Gasteiger partial charge < -0.3 is 14.9 Å². The number of aromatic amines is 1. The van der Waals surface area contributed by atoms with Crippen molar-refractivity contribution >= 4 is 27.8 Å². The number of fused-ring (bicyclic) bond motifs is 2. The lowest BCUT2D eigenvalue weighted by Gasteiger charge is -2.10. The van der Waals surface area contributed by atoms with Crippen LogP contribution in [0, 0.1) is 0 Å². The molecule has 2 aromatic carbocycles. The first-order valence-electron chi connectivity index (χ1n) is 8.95. The number of nitrogens with zero attached hydrogens (tertiary/aromatic N) is 2. The fourth-order valence-corrected chi connectivity index (χ4v) is 3.35. The zero-order valence-electron chi connectivity index (χ0n) is 15.0. The van der Waals surface area contributed by atoms with E-state index in [2.05, 4.69) is 39.8 Å². The summed E-state index contributed by atoms with van der Waals surface area (Å²) in [5.74, 6) is 0.837. The van der Waals surface area contributed by atoms with E-state index in [1.807, 2.05) is 48.7 Å². The van der Waals surface area contributed by atoms with Gasteiger partial charge in [0.1, 0.15) is 5.82 Å². The molecule has 2 heterocycles. The molecular formula is C21H22N4O. The van der Waals surface area contributed by atoms with Gasteiger partial charge in [0, 0.05) is 41.7 Å². The second-order valence-corrected chi connectivity index (χ2v) is 6.76. The number of carbonyl (C=O) groups is 1. The van der Waals surface area contributed by atoms with Gasteiger partial charge in [-0.25, -0.2) is 4.98 Å². The summed E-state index contributed by atoms with van der Waals surface area (Å²) in [5, 5.41) is 4.00. The maximum atomic E-state index is 12.6. The molecule has 0 unspecified atom stereocenters. The Morgan fingerprint density at radius 2 is 2.00 bits per heavy atom. The third kappa shape index (κ3) is 2.96. The van der Waals surface area contributed by atoms with Gasteiger partial charge in [0.25, 0.3) is 5.91 Å². The predicted molar refractivity (Wildman–Crippen MR) is 104 cm³/mol. The maximum absolute atomic E-state index is 12.6. The van der Waals surface area contributed by atoms with E-state index in [-0.39, 0.29) is 5.91 Å². The minimum Gasteiger partial charge on any atom is -0.352 e. The van der Waals surface area contributed by atoms with E-state index < -0.39 is 0 Å². The van der Waals surface area contributed by atoms with Crippen molar-refractivity contribution in [1.29, 1.82) is 0 Å². The minimum atomic E-state index is -0.0479. The van der Waals surface area contributed by atoms with Crippen molar-refractivity contribution in [2.45, 2.75) is 26.3 Å². The van der Waals surface area contributed by atoms with Crippen LogP contribution in [0.2, 0.25) is 0 Å². The average molecular weight is 346 g/mol. The summed E-state index contributed by atoms with van der Waals surface area (Å²) in [4.78, 5) is 20.5. The number of carbonyl (C=O) groups excluding carboxylic acids is 1. The van der Waals surface area contributed by atoms with Gasteiger partial charge in [0.15, 0.2) is 0 Å². The van der Waals surface area contributed by atoms with E-state index >= 15 is 0 Å². The van der Waals surface area contributed by atoms with Crippen molar-refractivity contribution in [3.05, 3.63) is 66.1 Å². The zero-order valence-corrected chi connectivity index (χ0v) is 15.0. The van der Waals surface area contributed by atoms with Crippen LogP contribution >= 0.6 is 0 Å². The van der Waals surface area contributed by atoms with Crippen LogP contribution in [-0.4, -0.2) is 27.0 Å². The highest BCUT2D eigenvalue weighted by molar-refractivity contribution is 6.06. The first-order chi connectivity index (χ1) is 12.6. The molecule has 0 fully saturated rings. The summed E-state index contributed by atoms with van der Waals surface area (Å²) in [6, 6.07) is 16.2. The molecule has 0 aliphatic heterocycles. The van der Waals surface area contributed by atoms with Gasteiger partial charge in [-0.05, 0) is 44.2 Å². The van der Waals surface area contributed by atoms with Crippen LogP contribution in [-0.2, 0) is 6.42 Å². The minimum absolute atomic E-state index is 0.0479. The van der Waals surface area contributed by atoms with Crippen LogP contribution in [0.4, 0.5) is 0 Å². The van der Waals surface area contributed by atoms with Crippen molar-refractivity contribution in [2.75, 3.05) is 6.54 Å². The van der Waals surface area contributed by atoms with E-state index in [1.165, 1.54) is 0 Å². The molecular weight excluding hydrogens is 324 g/mol. The smallest absolute Gasteiger partial charge is 0.251 e. The fourth-order valence-electron chi connectivity index (χ4n) is 3.35. The molecule has 0 aliphatic rings. The van der Waals surface area contributed by atoms with Crippen LogP contribution < -0.4 is 5.32 Å². The van der Waals surface area contributed by atoms with Gasteiger partial charge in [-0.15, -0.1) is 0 Å². The fraction of sp³-hybridized carbons (Fsp3) is 0.238. The monoisotopic (exact) mass is 346 g/mol. The van der Waals surface area contributed by atoms with Crippen molar-refractivity contribution in [1.82, 2.24) is 19.9 Å². The van der Waals surface area contributed by atoms with E-state index in [1.54, 1.807) is 0 Å². The third-order valence-electron chi connectivity index (χ3n) is 4.65. The molecule has 0 saturated carbocycles. The highest BCUT2D eigenvalue weighted by atomic mass is 16.1. The quantitative estimate of drug-likeness (QED) is 0.572. The van der Waals surface area contributed by atoms with Crippen molar-refractivity contribution in [3.8, 4) is 0 Å². The largest absolute Gasteiger partial charge is 0.352 e. The van der Waals surface area contributed by atoms with Gasteiger partial charge in [0.05, 0.1) is 11.0 Å². The SMILES string of the molecule is CC(C)n1ccc2c(C(=O)NCCc3nc4ccccc4[nH]3)cccc21. The second kappa shape index (κ2) is 6.67. The Labute approximate surface area is 152 Å². The van der Waals surface area contributed by atoms with Crippen molar-refractivity contribution in [3.63, 3.8) is 0 Å². The van der Waals surface area contributed by atoms with Crippen LogP contribution in [0.15, 0.2) is 54.7 Å². The number of H-pyrrole nitrogens is 1. The van der Waals surface area contributed by atoms with Gasteiger partial charge >= 0.3 is 0 Å². The number of aromatic nitrogens is 3. The van der Waals surface area contributed by atoms with Crippen LogP contribution in [0.25, 0.3) is 21.9 Å². The molecule has 0 bridgehead atoms.